The minimum absolute atomic E-state index is 0.0187. The Morgan fingerprint density at radius 2 is 1.72 bits per heavy atom. The molecule has 0 aromatic heterocycles. The van der Waals surface area contributed by atoms with Crippen molar-refractivity contribution in [2.45, 2.75) is 37.5 Å². The number of anilines is 2. The van der Waals surface area contributed by atoms with Gasteiger partial charge in [-0.25, -0.2) is 0 Å². The van der Waals surface area contributed by atoms with E-state index in [4.69, 9.17) is 0 Å². The lowest BCUT2D eigenvalue weighted by Gasteiger charge is -2.42. The largest absolute Gasteiger partial charge is 0.355 e. The number of benzene rings is 2. The van der Waals surface area contributed by atoms with Crippen LogP contribution in [0.1, 0.15) is 37.7 Å². The molecule has 29 heavy (non-hydrogen) atoms. The molecule has 3 amide bonds. The number of carbonyl (C=O) groups excluding carboxylic acids is 3. The molecule has 6 heteroatoms. The van der Waals surface area contributed by atoms with Gasteiger partial charge in [0, 0.05) is 24.8 Å². The van der Waals surface area contributed by atoms with Crippen molar-refractivity contribution >= 4 is 29.1 Å². The van der Waals surface area contributed by atoms with Crippen molar-refractivity contribution in [2.75, 3.05) is 23.3 Å². The van der Waals surface area contributed by atoms with E-state index in [0.717, 1.165) is 12.8 Å². The fraction of sp³-hybridized carbons (Fsp3) is 0.348. The van der Waals surface area contributed by atoms with Crippen LogP contribution in [-0.2, 0) is 19.8 Å². The lowest BCUT2D eigenvalue weighted by atomic mass is 9.64. The third kappa shape index (κ3) is 4.01. The first-order valence-electron chi connectivity index (χ1n) is 10.1. The molecular weight excluding hydrogens is 366 g/mol. The quantitative estimate of drug-likeness (QED) is 0.795. The molecule has 0 saturated heterocycles. The van der Waals surface area contributed by atoms with Crippen molar-refractivity contribution in [2.24, 2.45) is 0 Å². The summed E-state index contributed by atoms with van der Waals surface area (Å²) in [6, 6.07) is 17.5. The number of nitrogens with zero attached hydrogens (tertiary/aromatic N) is 1. The van der Waals surface area contributed by atoms with E-state index in [1.165, 1.54) is 16.9 Å². The summed E-state index contributed by atoms with van der Waals surface area (Å²) in [5.74, 6) is -0.574. The Kier molecular flexibility index (Phi) is 5.34. The first kappa shape index (κ1) is 19.2. The summed E-state index contributed by atoms with van der Waals surface area (Å²) in [6.45, 7) is 0.577. The lowest BCUT2D eigenvalue weighted by molar-refractivity contribution is -0.126. The lowest BCUT2D eigenvalue weighted by Crippen LogP contribution is -2.46. The van der Waals surface area contributed by atoms with Gasteiger partial charge < -0.3 is 15.5 Å². The predicted octanol–water partition coefficient (Wildman–Crippen LogP) is 2.99. The minimum atomic E-state index is -0.226. The van der Waals surface area contributed by atoms with Crippen LogP contribution in [0.4, 0.5) is 11.4 Å². The number of fused-ring (bicyclic) bond motifs is 1. The molecule has 0 atom stereocenters. The monoisotopic (exact) mass is 391 g/mol. The first-order chi connectivity index (χ1) is 14.1. The van der Waals surface area contributed by atoms with Crippen molar-refractivity contribution in [3.05, 3.63) is 60.2 Å². The highest BCUT2D eigenvalue weighted by Crippen LogP contribution is 2.43. The molecule has 1 fully saturated rings. The highest BCUT2D eigenvalue weighted by molar-refractivity contribution is 6.10. The highest BCUT2D eigenvalue weighted by atomic mass is 16.2. The SMILES string of the molecule is O=C(CCC(=O)N1CC(=O)Nc2ccccc21)NCC1(c2ccccc2)CCC1. The number of nitrogens with one attached hydrogen (secondary N) is 2. The van der Waals surface area contributed by atoms with E-state index in [1.54, 1.807) is 12.1 Å². The summed E-state index contributed by atoms with van der Waals surface area (Å²) in [5.41, 5.74) is 2.58. The van der Waals surface area contributed by atoms with E-state index in [1.807, 2.05) is 30.3 Å². The van der Waals surface area contributed by atoms with Crippen molar-refractivity contribution in [3.8, 4) is 0 Å². The van der Waals surface area contributed by atoms with Gasteiger partial charge in [0.1, 0.15) is 6.54 Å². The van der Waals surface area contributed by atoms with Crippen LogP contribution in [0, 0.1) is 0 Å². The summed E-state index contributed by atoms with van der Waals surface area (Å²) in [4.78, 5) is 38.4. The fourth-order valence-corrected chi connectivity index (χ4v) is 4.13. The second kappa shape index (κ2) is 8.07. The predicted molar refractivity (Wildman–Crippen MR) is 112 cm³/mol. The van der Waals surface area contributed by atoms with Gasteiger partial charge in [-0.3, -0.25) is 14.4 Å². The maximum Gasteiger partial charge on any atom is 0.244 e. The molecule has 1 heterocycles. The molecule has 0 radical (unpaired) electrons. The second-order valence-corrected chi connectivity index (χ2v) is 7.82. The van der Waals surface area contributed by atoms with Gasteiger partial charge in [-0.2, -0.15) is 0 Å². The van der Waals surface area contributed by atoms with Crippen molar-refractivity contribution in [3.63, 3.8) is 0 Å². The van der Waals surface area contributed by atoms with Crippen LogP contribution in [0.2, 0.25) is 0 Å². The topological polar surface area (TPSA) is 78.5 Å². The van der Waals surface area contributed by atoms with E-state index in [-0.39, 0.29) is 42.5 Å². The number of amides is 3. The third-order valence-corrected chi connectivity index (χ3v) is 5.96. The summed E-state index contributed by atoms with van der Waals surface area (Å²) < 4.78 is 0. The Labute approximate surface area is 170 Å². The van der Waals surface area contributed by atoms with Crippen LogP contribution in [0.3, 0.4) is 0 Å². The molecule has 1 aliphatic carbocycles. The van der Waals surface area contributed by atoms with Gasteiger partial charge in [0.25, 0.3) is 0 Å². The molecular formula is C23H25N3O3. The van der Waals surface area contributed by atoms with Gasteiger partial charge in [0.2, 0.25) is 17.7 Å². The highest BCUT2D eigenvalue weighted by Gasteiger charge is 2.38. The Bertz CT molecular complexity index is 922. The number of hydrogen-bond donors (Lipinski definition) is 2. The molecule has 0 spiro atoms. The standard InChI is InChI=1S/C23H25N3O3/c27-20(24-16-23(13-6-14-23)17-7-2-1-3-8-17)11-12-22(29)26-15-21(28)25-18-9-4-5-10-19(18)26/h1-5,7-10H,6,11-16H2,(H,24,27)(H,25,28). The Balaban J connectivity index is 1.32. The van der Waals surface area contributed by atoms with Crippen molar-refractivity contribution in [1.82, 2.24) is 5.32 Å². The van der Waals surface area contributed by atoms with E-state index in [0.29, 0.717) is 17.9 Å². The average molecular weight is 391 g/mol. The molecule has 1 aliphatic heterocycles. The van der Waals surface area contributed by atoms with Gasteiger partial charge in [-0.05, 0) is 30.5 Å². The van der Waals surface area contributed by atoms with Crippen LogP contribution in [0.5, 0.6) is 0 Å². The Morgan fingerprint density at radius 3 is 2.45 bits per heavy atom. The van der Waals surface area contributed by atoms with Crippen LogP contribution in [-0.4, -0.2) is 30.8 Å². The first-order valence-corrected chi connectivity index (χ1v) is 10.1. The van der Waals surface area contributed by atoms with Crippen molar-refractivity contribution in [1.29, 1.82) is 0 Å². The molecule has 150 valence electrons. The van der Waals surface area contributed by atoms with Crippen LogP contribution in [0.25, 0.3) is 0 Å². The average Bonchev–Trinajstić information content (AvgIpc) is 2.71. The van der Waals surface area contributed by atoms with Gasteiger partial charge in [-0.1, -0.05) is 48.9 Å². The Hall–Kier alpha value is -3.15. The zero-order valence-electron chi connectivity index (χ0n) is 16.3. The van der Waals surface area contributed by atoms with E-state index < -0.39 is 0 Å². The van der Waals surface area contributed by atoms with Gasteiger partial charge in [-0.15, -0.1) is 0 Å². The molecule has 2 N–H and O–H groups in total. The van der Waals surface area contributed by atoms with Crippen LogP contribution >= 0.6 is 0 Å². The maximum absolute atomic E-state index is 12.7. The molecule has 6 nitrogen and oxygen atoms in total. The molecule has 0 unspecified atom stereocenters. The zero-order valence-corrected chi connectivity index (χ0v) is 16.3. The second-order valence-electron chi connectivity index (χ2n) is 7.82. The van der Waals surface area contributed by atoms with Gasteiger partial charge in [0.05, 0.1) is 11.4 Å². The number of carbonyl (C=O) groups is 3. The molecule has 2 aromatic rings. The van der Waals surface area contributed by atoms with E-state index in [9.17, 15) is 14.4 Å². The summed E-state index contributed by atoms with van der Waals surface area (Å²) in [7, 11) is 0. The zero-order chi connectivity index (χ0) is 20.3. The number of hydrogen-bond acceptors (Lipinski definition) is 3. The van der Waals surface area contributed by atoms with Crippen LogP contribution < -0.4 is 15.5 Å². The summed E-state index contributed by atoms with van der Waals surface area (Å²) >= 11 is 0. The third-order valence-electron chi connectivity index (χ3n) is 5.96. The van der Waals surface area contributed by atoms with E-state index in [2.05, 4.69) is 22.8 Å². The molecule has 0 bridgehead atoms. The maximum atomic E-state index is 12.7. The fourth-order valence-electron chi connectivity index (χ4n) is 4.13. The normalized spacial score (nSPS) is 17.0. The van der Waals surface area contributed by atoms with E-state index >= 15 is 0 Å². The smallest absolute Gasteiger partial charge is 0.244 e. The van der Waals surface area contributed by atoms with Gasteiger partial charge in [0.15, 0.2) is 0 Å². The van der Waals surface area contributed by atoms with Crippen LogP contribution in [0.15, 0.2) is 54.6 Å². The minimum Gasteiger partial charge on any atom is -0.355 e. The molecule has 1 saturated carbocycles. The van der Waals surface area contributed by atoms with Gasteiger partial charge >= 0.3 is 0 Å². The molecule has 2 aliphatic rings. The number of para-hydroxylation sites is 2. The Morgan fingerprint density at radius 1 is 1.00 bits per heavy atom. The number of rotatable bonds is 6. The molecule has 2 aromatic carbocycles. The summed E-state index contributed by atoms with van der Waals surface area (Å²) in [5, 5.41) is 5.78. The summed E-state index contributed by atoms with van der Waals surface area (Å²) in [6.07, 6.45) is 3.49. The molecule has 4 rings (SSSR count). The van der Waals surface area contributed by atoms with Crippen molar-refractivity contribution < 1.29 is 14.4 Å².